The monoisotopic (exact) mass is 237 g/mol. The minimum atomic E-state index is 0.715. The summed E-state index contributed by atoms with van der Waals surface area (Å²) >= 11 is 0. The topological polar surface area (TPSA) is 4.36 Å². The van der Waals surface area contributed by atoms with E-state index in [1.165, 1.54) is 5.56 Å². The molecule has 0 radical (unpaired) electrons. The Morgan fingerprint density at radius 1 is 0.944 bits per heavy atom. The summed E-state index contributed by atoms with van der Waals surface area (Å²) in [6.45, 7) is 13.3. The van der Waals surface area contributed by atoms with E-state index in [0.29, 0.717) is 5.69 Å². The maximum Gasteiger partial charge on any atom is 0.194 e. The van der Waals surface area contributed by atoms with Gasteiger partial charge in [-0.1, -0.05) is 69.3 Å². The Labute approximate surface area is 110 Å². The van der Waals surface area contributed by atoms with Gasteiger partial charge >= 0.3 is 0 Å². The van der Waals surface area contributed by atoms with Crippen LogP contribution in [0.15, 0.2) is 48.5 Å². The summed E-state index contributed by atoms with van der Waals surface area (Å²) in [6.07, 6.45) is 1.05. The van der Waals surface area contributed by atoms with Crippen molar-refractivity contribution in [3.8, 4) is 11.1 Å². The van der Waals surface area contributed by atoms with E-state index in [4.69, 9.17) is 6.57 Å². The number of hydrogen-bond acceptors (Lipinski definition) is 0. The normalized spacial score (nSPS) is 9.00. The van der Waals surface area contributed by atoms with Crippen LogP contribution in [0.1, 0.15) is 26.3 Å². The quantitative estimate of drug-likeness (QED) is 0.608. The van der Waals surface area contributed by atoms with Crippen LogP contribution >= 0.6 is 0 Å². The maximum atomic E-state index is 7.14. The smallest absolute Gasteiger partial charge is 0.194 e. The molecule has 1 nitrogen and oxygen atoms in total. The Kier molecular flexibility index (Phi) is 5.67. The predicted octanol–water partition coefficient (Wildman–Crippen LogP) is 5.49. The van der Waals surface area contributed by atoms with Gasteiger partial charge in [0.25, 0.3) is 0 Å². The zero-order valence-electron chi connectivity index (χ0n) is 11.3. The lowest BCUT2D eigenvalue weighted by Crippen LogP contribution is -1.81. The van der Waals surface area contributed by atoms with Crippen LogP contribution in [-0.4, -0.2) is 0 Å². The SMILES string of the molecule is CC.[C-]#[N+]c1ccccc1-c1ccc(CC)cc1. The van der Waals surface area contributed by atoms with Crippen molar-refractivity contribution >= 4 is 5.69 Å². The van der Waals surface area contributed by atoms with E-state index < -0.39 is 0 Å². The van der Waals surface area contributed by atoms with E-state index in [-0.39, 0.29) is 0 Å². The van der Waals surface area contributed by atoms with Crippen molar-refractivity contribution in [1.29, 1.82) is 0 Å². The molecule has 2 aromatic carbocycles. The van der Waals surface area contributed by atoms with Crippen molar-refractivity contribution in [2.24, 2.45) is 0 Å². The third-order valence-corrected chi connectivity index (χ3v) is 2.70. The minimum Gasteiger partial charge on any atom is -0.238 e. The number of benzene rings is 2. The molecule has 0 aromatic heterocycles. The molecule has 0 bridgehead atoms. The number of rotatable bonds is 2. The summed E-state index contributed by atoms with van der Waals surface area (Å²) in [7, 11) is 0. The lowest BCUT2D eigenvalue weighted by atomic mass is 10.0. The lowest BCUT2D eigenvalue weighted by molar-refractivity contribution is 1.14. The summed E-state index contributed by atoms with van der Waals surface area (Å²) in [6, 6.07) is 16.1. The van der Waals surface area contributed by atoms with Crippen LogP contribution < -0.4 is 0 Å². The van der Waals surface area contributed by atoms with E-state index in [9.17, 15) is 0 Å². The minimum absolute atomic E-state index is 0.715. The molecule has 0 unspecified atom stereocenters. The van der Waals surface area contributed by atoms with Crippen LogP contribution in [0.2, 0.25) is 0 Å². The largest absolute Gasteiger partial charge is 0.238 e. The van der Waals surface area contributed by atoms with Gasteiger partial charge in [-0.05, 0) is 23.1 Å². The number of hydrogen-bond donors (Lipinski definition) is 0. The fourth-order valence-electron chi connectivity index (χ4n) is 1.74. The second-order valence-corrected chi connectivity index (χ2v) is 3.68. The second kappa shape index (κ2) is 7.29. The molecular formula is C17H19N. The molecular weight excluding hydrogens is 218 g/mol. The van der Waals surface area contributed by atoms with E-state index in [2.05, 4.69) is 36.0 Å². The van der Waals surface area contributed by atoms with Crippen molar-refractivity contribution < 1.29 is 0 Å². The third-order valence-electron chi connectivity index (χ3n) is 2.70. The first-order chi connectivity index (χ1) is 8.85. The van der Waals surface area contributed by atoms with Crippen LogP contribution in [0.3, 0.4) is 0 Å². The van der Waals surface area contributed by atoms with Crippen molar-refractivity contribution in [2.75, 3.05) is 0 Å². The van der Waals surface area contributed by atoms with Crippen LogP contribution in [0.4, 0.5) is 5.69 Å². The zero-order chi connectivity index (χ0) is 13.4. The van der Waals surface area contributed by atoms with Gasteiger partial charge in [0.1, 0.15) is 0 Å². The Morgan fingerprint density at radius 2 is 1.56 bits per heavy atom. The van der Waals surface area contributed by atoms with Gasteiger partial charge in [0.2, 0.25) is 0 Å². The Bertz CT molecular complexity index is 518. The highest BCUT2D eigenvalue weighted by molar-refractivity contribution is 5.78. The molecule has 0 aliphatic carbocycles. The van der Waals surface area contributed by atoms with Gasteiger partial charge in [0.05, 0.1) is 6.57 Å². The Hall–Kier alpha value is -2.07. The van der Waals surface area contributed by atoms with E-state index in [0.717, 1.165) is 17.5 Å². The van der Waals surface area contributed by atoms with Crippen molar-refractivity contribution in [1.82, 2.24) is 0 Å². The first-order valence-electron chi connectivity index (χ1n) is 6.41. The number of para-hydroxylation sites is 1. The summed E-state index contributed by atoms with van der Waals surface area (Å²) < 4.78 is 0. The molecule has 0 amide bonds. The van der Waals surface area contributed by atoms with Gasteiger partial charge in [0.15, 0.2) is 5.69 Å². The molecule has 0 aliphatic rings. The maximum absolute atomic E-state index is 7.14. The molecule has 92 valence electrons. The Balaban J connectivity index is 0.000000771. The van der Waals surface area contributed by atoms with Crippen LogP contribution in [-0.2, 0) is 6.42 Å². The molecule has 18 heavy (non-hydrogen) atoms. The third kappa shape index (κ3) is 3.21. The predicted molar refractivity (Wildman–Crippen MR) is 78.9 cm³/mol. The first kappa shape index (κ1) is 14.0. The van der Waals surface area contributed by atoms with Gasteiger partial charge in [-0.2, -0.15) is 0 Å². The molecule has 2 aromatic rings. The number of aryl methyl sites for hydroxylation is 1. The second-order valence-electron chi connectivity index (χ2n) is 3.68. The highest BCUT2D eigenvalue weighted by atomic mass is 14.6. The van der Waals surface area contributed by atoms with Crippen LogP contribution in [0, 0.1) is 6.57 Å². The van der Waals surface area contributed by atoms with Crippen molar-refractivity contribution in [3.63, 3.8) is 0 Å². The van der Waals surface area contributed by atoms with Crippen molar-refractivity contribution in [2.45, 2.75) is 27.2 Å². The average molecular weight is 237 g/mol. The van der Waals surface area contributed by atoms with Crippen LogP contribution in [0.25, 0.3) is 16.0 Å². The Morgan fingerprint density at radius 3 is 2.11 bits per heavy atom. The number of nitrogens with zero attached hydrogens (tertiary/aromatic N) is 1. The molecule has 0 atom stereocenters. The summed E-state index contributed by atoms with van der Waals surface area (Å²) in [5, 5.41) is 0. The van der Waals surface area contributed by atoms with Crippen LogP contribution in [0.5, 0.6) is 0 Å². The molecule has 0 N–H and O–H groups in total. The first-order valence-corrected chi connectivity index (χ1v) is 6.41. The van der Waals surface area contributed by atoms with Gasteiger partial charge in [-0.25, -0.2) is 4.85 Å². The van der Waals surface area contributed by atoms with Gasteiger partial charge in [-0.3, -0.25) is 0 Å². The fraction of sp³-hybridized carbons (Fsp3) is 0.235. The standard InChI is InChI=1S/C15H13N.C2H6/c1-3-12-8-10-13(11-9-12)14-6-4-5-7-15(14)16-2;1-2/h4-11H,3H2,1H3;1-2H3. The molecule has 2 rings (SSSR count). The lowest BCUT2D eigenvalue weighted by Gasteiger charge is -2.05. The highest BCUT2D eigenvalue weighted by Crippen LogP contribution is 2.29. The molecule has 0 aliphatic heterocycles. The van der Waals surface area contributed by atoms with E-state index in [1.54, 1.807) is 0 Å². The van der Waals surface area contributed by atoms with E-state index >= 15 is 0 Å². The summed E-state index contributed by atoms with van der Waals surface area (Å²) in [4.78, 5) is 3.54. The molecule has 0 saturated heterocycles. The zero-order valence-corrected chi connectivity index (χ0v) is 11.3. The molecule has 1 heteroatoms. The molecule has 0 saturated carbocycles. The summed E-state index contributed by atoms with van der Waals surface area (Å²) in [5.74, 6) is 0. The van der Waals surface area contributed by atoms with E-state index in [1.807, 2.05) is 38.1 Å². The average Bonchev–Trinajstić information content (AvgIpc) is 2.49. The molecule has 0 heterocycles. The summed E-state index contributed by atoms with van der Waals surface area (Å²) in [5.41, 5.74) is 4.17. The highest BCUT2D eigenvalue weighted by Gasteiger charge is 2.03. The van der Waals surface area contributed by atoms with Gasteiger partial charge in [0, 0.05) is 0 Å². The fourth-order valence-corrected chi connectivity index (χ4v) is 1.74. The molecule has 0 spiro atoms. The van der Waals surface area contributed by atoms with Gasteiger partial charge < -0.3 is 0 Å². The molecule has 0 fully saturated rings. The van der Waals surface area contributed by atoms with Gasteiger partial charge in [-0.15, -0.1) is 0 Å². The van der Waals surface area contributed by atoms with Crippen molar-refractivity contribution in [3.05, 3.63) is 65.5 Å².